The van der Waals surface area contributed by atoms with E-state index in [0.717, 1.165) is 38.5 Å². The Balaban J connectivity index is 2.11. The number of ether oxygens (including phenoxy) is 2. The fraction of sp³-hybridized carbons (Fsp3) is 0.982. The second-order valence-corrected chi connectivity index (χ2v) is 20.5. The maximum absolute atomic E-state index is 13.0. The number of carbonyl (C=O) groups excluding carboxylic acids is 1. The molecule has 1 heterocycles. The molecule has 0 aliphatic carbocycles. The van der Waals surface area contributed by atoms with Crippen LogP contribution in [0.3, 0.4) is 0 Å². The summed E-state index contributed by atoms with van der Waals surface area (Å²) in [6, 6.07) is -0.712. The van der Waals surface area contributed by atoms with Crippen molar-refractivity contribution >= 4 is 5.91 Å². The molecular weight excluding hydrogens is 815 g/mol. The molecule has 1 amide bonds. The molecule has 7 atom stereocenters. The van der Waals surface area contributed by atoms with Crippen LogP contribution in [0, 0.1) is 0 Å². The lowest BCUT2D eigenvalue weighted by molar-refractivity contribution is -0.302. The average Bonchev–Trinajstić information content (AvgIpc) is 3.31. The number of aliphatic hydroxyl groups excluding tert-OH is 5. The first-order valence-electron chi connectivity index (χ1n) is 28.7. The quantitative estimate of drug-likeness (QED) is 0.0330. The minimum Gasteiger partial charge on any atom is -0.394 e. The Morgan fingerprint density at radius 1 is 0.462 bits per heavy atom. The molecule has 0 radical (unpaired) electrons. The van der Waals surface area contributed by atoms with E-state index < -0.39 is 49.5 Å². The van der Waals surface area contributed by atoms with Crippen LogP contribution in [0.4, 0.5) is 0 Å². The number of amides is 1. The van der Waals surface area contributed by atoms with Crippen molar-refractivity contribution < 1.29 is 39.8 Å². The fourth-order valence-electron chi connectivity index (χ4n) is 9.64. The average molecular weight is 927 g/mol. The lowest BCUT2D eigenvalue weighted by atomic mass is 9.99. The molecule has 0 aromatic heterocycles. The highest BCUT2D eigenvalue weighted by Crippen LogP contribution is 2.23. The Morgan fingerprint density at radius 2 is 0.769 bits per heavy atom. The van der Waals surface area contributed by atoms with Crippen molar-refractivity contribution in [2.45, 2.75) is 339 Å². The molecule has 6 N–H and O–H groups in total. The van der Waals surface area contributed by atoms with E-state index in [0.29, 0.717) is 12.8 Å². The molecule has 0 aromatic carbocycles. The third kappa shape index (κ3) is 36.8. The molecule has 1 saturated heterocycles. The van der Waals surface area contributed by atoms with Crippen LogP contribution in [-0.4, -0.2) is 87.5 Å². The van der Waals surface area contributed by atoms with Crippen LogP contribution >= 0.6 is 0 Å². The summed E-state index contributed by atoms with van der Waals surface area (Å²) >= 11 is 0. The van der Waals surface area contributed by atoms with E-state index in [-0.39, 0.29) is 12.5 Å². The van der Waals surface area contributed by atoms with Crippen LogP contribution in [0.15, 0.2) is 0 Å². The SMILES string of the molecule is CCCCCCCCCCCCCCCCCCCCCCCCCCCCCCCCC(O)C(COC1OC(CO)C(O)C(O)C1O)NC(=O)CCCCCCCCCCCCCC. The maximum atomic E-state index is 13.0. The summed E-state index contributed by atoms with van der Waals surface area (Å²) in [6.07, 6.45) is 48.6. The van der Waals surface area contributed by atoms with Gasteiger partial charge >= 0.3 is 0 Å². The largest absolute Gasteiger partial charge is 0.394 e. The second-order valence-electron chi connectivity index (χ2n) is 20.5. The molecule has 0 spiro atoms. The maximum Gasteiger partial charge on any atom is 0.220 e. The number of aliphatic hydroxyl groups is 5. The van der Waals surface area contributed by atoms with Gasteiger partial charge in [0.15, 0.2) is 6.29 Å². The molecule has 1 rings (SSSR count). The summed E-state index contributed by atoms with van der Waals surface area (Å²) in [6.45, 7) is 3.87. The smallest absolute Gasteiger partial charge is 0.220 e. The first kappa shape index (κ1) is 62.2. The standard InChI is InChI=1S/C56H111NO8/c1-3-5-7-9-11-13-15-17-18-19-20-21-22-23-24-25-26-27-28-29-30-31-32-33-34-35-37-39-41-43-45-50(59)49(48-64-56-55(63)54(62)53(61)51(47-58)65-56)57-52(60)46-44-42-40-38-36-16-14-12-10-8-6-4-2/h49-51,53-56,58-59,61-63H,3-48H2,1-2H3,(H,57,60). The lowest BCUT2D eigenvalue weighted by Crippen LogP contribution is -2.60. The molecular formula is C56H111NO8. The van der Waals surface area contributed by atoms with Gasteiger partial charge in [-0.05, 0) is 12.8 Å². The van der Waals surface area contributed by atoms with E-state index in [1.54, 1.807) is 0 Å². The van der Waals surface area contributed by atoms with Gasteiger partial charge in [0.2, 0.25) is 5.91 Å². The summed E-state index contributed by atoms with van der Waals surface area (Å²) in [5.74, 6) is -0.140. The number of carbonyl (C=O) groups is 1. The minimum absolute atomic E-state index is 0.131. The predicted molar refractivity (Wildman–Crippen MR) is 272 cm³/mol. The molecule has 388 valence electrons. The Bertz CT molecular complexity index is 986. The zero-order chi connectivity index (χ0) is 47.3. The van der Waals surface area contributed by atoms with Gasteiger partial charge in [0.05, 0.1) is 25.4 Å². The van der Waals surface area contributed by atoms with Crippen LogP contribution in [0.2, 0.25) is 0 Å². The van der Waals surface area contributed by atoms with Crippen molar-refractivity contribution in [2.75, 3.05) is 13.2 Å². The number of unbranched alkanes of at least 4 members (excludes halogenated alkanes) is 40. The van der Waals surface area contributed by atoms with Crippen LogP contribution in [0.25, 0.3) is 0 Å². The Hall–Kier alpha value is -0.810. The zero-order valence-corrected chi connectivity index (χ0v) is 43.0. The van der Waals surface area contributed by atoms with E-state index >= 15 is 0 Å². The molecule has 0 saturated carbocycles. The first-order valence-corrected chi connectivity index (χ1v) is 28.7. The van der Waals surface area contributed by atoms with E-state index in [9.17, 15) is 30.3 Å². The molecule has 7 unspecified atom stereocenters. The first-order chi connectivity index (χ1) is 31.8. The van der Waals surface area contributed by atoms with Gasteiger partial charge in [-0.2, -0.15) is 0 Å². The van der Waals surface area contributed by atoms with Crippen molar-refractivity contribution in [3.63, 3.8) is 0 Å². The normalized spacial score (nSPS) is 19.8. The van der Waals surface area contributed by atoms with Crippen molar-refractivity contribution in [2.24, 2.45) is 0 Å². The molecule has 65 heavy (non-hydrogen) atoms. The second kappa shape index (κ2) is 46.9. The van der Waals surface area contributed by atoms with Gasteiger partial charge in [-0.15, -0.1) is 0 Å². The Morgan fingerprint density at radius 3 is 1.09 bits per heavy atom. The van der Waals surface area contributed by atoms with Crippen molar-refractivity contribution in [3.8, 4) is 0 Å². The fourth-order valence-corrected chi connectivity index (χ4v) is 9.64. The van der Waals surface area contributed by atoms with E-state index in [1.807, 2.05) is 0 Å². The summed E-state index contributed by atoms with van der Waals surface area (Å²) in [7, 11) is 0. The molecule has 9 nitrogen and oxygen atoms in total. The van der Waals surface area contributed by atoms with Gasteiger partial charge in [0.1, 0.15) is 24.4 Å². The molecule has 1 aliphatic rings. The third-order valence-corrected chi connectivity index (χ3v) is 14.2. The monoisotopic (exact) mass is 926 g/mol. The summed E-state index contributed by atoms with van der Waals surface area (Å²) in [5.41, 5.74) is 0. The van der Waals surface area contributed by atoms with Gasteiger partial charge in [0, 0.05) is 6.42 Å². The number of hydrogen-bond donors (Lipinski definition) is 6. The highest BCUT2D eigenvalue weighted by atomic mass is 16.7. The van der Waals surface area contributed by atoms with Crippen molar-refractivity contribution in [1.29, 1.82) is 0 Å². The van der Waals surface area contributed by atoms with Gasteiger partial charge in [-0.3, -0.25) is 4.79 Å². The van der Waals surface area contributed by atoms with Crippen LogP contribution < -0.4 is 5.32 Å². The molecule has 0 bridgehead atoms. The van der Waals surface area contributed by atoms with Gasteiger partial charge in [0.25, 0.3) is 0 Å². The van der Waals surface area contributed by atoms with Gasteiger partial charge < -0.3 is 40.3 Å². The van der Waals surface area contributed by atoms with Gasteiger partial charge in [-0.1, -0.05) is 277 Å². The molecule has 9 heteroatoms. The number of nitrogens with one attached hydrogen (secondary N) is 1. The highest BCUT2D eigenvalue weighted by Gasteiger charge is 2.44. The lowest BCUT2D eigenvalue weighted by Gasteiger charge is -2.40. The van der Waals surface area contributed by atoms with Crippen LogP contribution in [0.1, 0.15) is 296 Å². The van der Waals surface area contributed by atoms with Crippen molar-refractivity contribution in [1.82, 2.24) is 5.32 Å². The summed E-state index contributed by atoms with van der Waals surface area (Å²) < 4.78 is 11.3. The Labute approximate surface area is 402 Å². The van der Waals surface area contributed by atoms with E-state index in [2.05, 4.69) is 19.2 Å². The van der Waals surface area contributed by atoms with E-state index in [1.165, 1.54) is 231 Å². The third-order valence-electron chi connectivity index (χ3n) is 14.2. The van der Waals surface area contributed by atoms with Crippen LogP contribution in [-0.2, 0) is 14.3 Å². The molecule has 0 aromatic rings. The minimum atomic E-state index is -1.55. The highest BCUT2D eigenvalue weighted by molar-refractivity contribution is 5.76. The topological polar surface area (TPSA) is 149 Å². The van der Waals surface area contributed by atoms with Gasteiger partial charge in [-0.25, -0.2) is 0 Å². The Kier molecular flexibility index (Phi) is 44.9. The molecule has 1 aliphatic heterocycles. The predicted octanol–water partition coefficient (Wildman–Crippen LogP) is 13.9. The van der Waals surface area contributed by atoms with Crippen molar-refractivity contribution in [3.05, 3.63) is 0 Å². The number of rotatable bonds is 50. The number of hydrogen-bond acceptors (Lipinski definition) is 8. The zero-order valence-electron chi connectivity index (χ0n) is 43.0. The summed E-state index contributed by atoms with van der Waals surface area (Å²) in [5, 5.41) is 54.6. The van der Waals surface area contributed by atoms with E-state index in [4.69, 9.17) is 9.47 Å². The van der Waals surface area contributed by atoms with Crippen LogP contribution in [0.5, 0.6) is 0 Å². The molecule has 1 fully saturated rings. The summed E-state index contributed by atoms with van der Waals surface area (Å²) in [4.78, 5) is 13.0.